The molecule has 1 aromatic carbocycles. The fourth-order valence-electron chi connectivity index (χ4n) is 1.59. The average Bonchev–Trinajstić information content (AvgIpc) is 2.84. The Morgan fingerprint density at radius 1 is 1.35 bits per heavy atom. The third-order valence-electron chi connectivity index (χ3n) is 2.60. The summed E-state index contributed by atoms with van der Waals surface area (Å²) in [4.78, 5) is 0. The van der Waals surface area contributed by atoms with Crippen molar-refractivity contribution < 1.29 is 8.81 Å². The number of halogens is 2. The third-order valence-corrected chi connectivity index (χ3v) is 3.02. The van der Waals surface area contributed by atoms with Crippen LogP contribution in [0.5, 0.6) is 0 Å². The zero-order valence-corrected chi connectivity index (χ0v) is 10.2. The predicted molar refractivity (Wildman–Crippen MR) is 65.4 cm³/mol. The Labute approximate surface area is 104 Å². The first-order chi connectivity index (χ1) is 8.18. The van der Waals surface area contributed by atoms with Crippen molar-refractivity contribution in [3.63, 3.8) is 0 Å². The van der Waals surface area contributed by atoms with Gasteiger partial charge in [-0.2, -0.15) is 0 Å². The zero-order chi connectivity index (χ0) is 12.3. The highest BCUT2D eigenvalue weighted by Crippen LogP contribution is 2.20. The molecule has 2 aromatic rings. The number of rotatable bonds is 4. The third kappa shape index (κ3) is 2.87. The normalized spacial score (nSPS) is 12.6. The van der Waals surface area contributed by atoms with Crippen molar-refractivity contribution in [2.45, 2.75) is 19.5 Å². The highest BCUT2D eigenvalue weighted by atomic mass is 35.5. The maximum atomic E-state index is 13.2. The highest BCUT2D eigenvalue weighted by molar-refractivity contribution is 6.31. The van der Waals surface area contributed by atoms with Gasteiger partial charge in [-0.1, -0.05) is 23.7 Å². The topological polar surface area (TPSA) is 25.2 Å². The number of furan rings is 1. The van der Waals surface area contributed by atoms with E-state index in [9.17, 15) is 4.39 Å². The molecule has 0 radical (unpaired) electrons. The van der Waals surface area contributed by atoms with Crippen LogP contribution in [-0.2, 0) is 6.54 Å². The van der Waals surface area contributed by atoms with Crippen LogP contribution in [0.2, 0.25) is 5.02 Å². The largest absolute Gasteiger partial charge is 0.468 e. The minimum Gasteiger partial charge on any atom is -0.468 e. The Hall–Kier alpha value is -1.32. The molecular formula is C13H13ClFNO. The zero-order valence-electron chi connectivity index (χ0n) is 9.41. The van der Waals surface area contributed by atoms with E-state index in [1.165, 1.54) is 6.07 Å². The van der Waals surface area contributed by atoms with E-state index < -0.39 is 5.82 Å². The summed E-state index contributed by atoms with van der Waals surface area (Å²) in [6.07, 6.45) is 1.63. The summed E-state index contributed by atoms with van der Waals surface area (Å²) in [5.74, 6) is 0.453. The molecular weight excluding hydrogens is 241 g/mol. The molecule has 1 aromatic heterocycles. The minimum absolute atomic E-state index is 0.0596. The van der Waals surface area contributed by atoms with E-state index in [0.29, 0.717) is 6.54 Å². The SMILES string of the molecule is CC(NCc1cccc(F)c1Cl)c1ccco1. The van der Waals surface area contributed by atoms with Gasteiger partial charge in [-0.3, -0.25) is 0 Å². The highest BCUT2D eigenvalue weighted by Gasteiger charge is 2.10. The molecule has 0 amide bonds. The van der Waals surface area contributed by atoms with E-state index in [-0.39, 0.29) is 11.1 Å². The first kappa shape index (κ1) is 12.1. The number of benzene rings is 1. The van der Waals surface area contributed by atoms with Gasteiger partial charge >= 0.3 is 0 Å². The Morgan fingerprint density at radius 3 is 2.88 bits per heavy atom. The van der Waals surface area contributed by atoms with Gasteiger partial charge in [0.15, 0.2) is 0 Å². The maximum Gasteiger partial charge on any atom is 0.142 e. The van der Waals surface area contributed by atoms with E-state index >= 15 is 0 Å². The molecule has 1 N–H and O–H groups in total. The van der Waals surface area contributed by atoms with Crippen molar-refractivity contribution in [3.05, 3.63) is 58.8 Å². The molecule has 0 aliphatic rings. The van der Waals surface area contributed by atoms with Crippen molar-refractivity contribution in [1.29, 1.82) is 0 Å². The second kappa shape index (κ2) is 5.34. The van der Waals surface area contributed by atoms with Gasteiger partial charge in [-0.15, -0.1) is 0 Å². The Balaban J connectivity index is 2.00. The van der Waals surface area contributed by atoms with Crippen LogP contribution in [0.3, 0.4) is 0 Å². The van der Waals surface area contributed by atoms with Gasteiger partial charge in [0.2, 0.25) is 0 Å². The quantitative estimate of drug-likeness (QED) is 0.893. The summed E-state index contributed by atoms with van der Waals surface area (Å²) in [6.45, 7) is 2.48. The van der Waals surface area contributed by atoms with Crippen molar-refractivity contribution in [1.82, 2.24) is 5.32 Å². The molecule has 17 heavy (non-hydrogen) atoms. The van der Waals surface area contributed by atoms with Crippen LogP contribution >= 0.6 is 11.6 Å². The lowest BCUT2D eigenvalue weighted by molar-refractivity contribution is 0.430. The molecule has 1 unspecified atom stereocenters. The van der Waals surface area contributed by atoms with Crippen LogP contribution in [-0.4, -0.2) is 0 Å². The maximum absolute atomic E-state index is 13.2. The molecule has 0 bridgehead atoms. The van der Waals surface area contributed by atoms with Crippen molar-refractivity contribution in [2.24, 2.45) is 0 Å². The molecule has 2 rings (SSSR count). The monoisotopic (exact) mass is 253 g/mol. The second-order valence-corrected chi connectivity index (χ2v) is 4.21. The van der Waals surface area contributed by atoms with Crippen molar-refractivity contribution in [2.75, 3.05) is 0 Å². The Bertz CT molecular complexity index is 484. The summed E-state index contributed by atoms with van der Waals surface area (Å²) in [5, 5.41) is 3.40. The van der Waals surface area contributed by atoms with Gasteiger partial charge in [0.1, 0.15) is 11.6 Å². The molecule has 0 spiro atoms. The molecule has 0 aliphatic heterocycles. The van der Waals surface area contributed by atoms with E-state index in [1.807, 2.05) is 19.1 Å². The van der Waals surface area contributed by atoms with Crippen LogP contribution in [0, 0.1) is 5.82 Å². The fraction of sp³-hybridized carbons (Fsp3) is 0.231. The number of nitrogens with one attached hydrogen (secondary N) is 1. The van der Waals surface area contributed by atoms with Gasteiger partial charge in [0.05, 0.1) is 17.3 Å². The fourth-order valence-corrected chi connectivity index (χ4v) is 1.78. The predicted octanol–water partition coefficient (Wildman–Crippen LogP) is 3.92. The van der Waals surface area contributed by atoms with Gasteiger partial charge in [-0.05, 0) is 30.7 Å². The summed E-state index contributed by atoms with van der Waals surface area (Å²) in [7, 11) is 0. The molecule has 0 aliphatic carbocycles. The number of hydrogen-bond donors (Lipinski definition) is 1. The van der Waals surface area contributed by atoms with Gasteiger partial charge < -0.3 is 9.73 Å². The van der Waals surface area contributed by atoms with E-state index in [0.717, 1.165) is 11.3 Å². The second-order valence-electron chi connectivity index (χ2n) is 3.83. The van der Waals surface area contributed by atoms with Crippen LogP contribution in [0.1, 0.15) is 24.3 Å². The average molecular weight is 254 g/mol. The summed E-state index contributed by atoms with van der Waals surface area (Å²) < 4.78 is 18.5. The van der Waals surface area contributed by atoms with Crippen molar-refractivity contribution in [3.8, 4) is 0 Å². The Kier molecular flexibility index (Phi) is 3.82. The lowest BCUT2D eigenvalue weighted by atomic mass is 10.2. The smallest absolute Gasteiger partial charge is 0.142 e. The molecule has 90 valence electrons. The van der Waals surface area contributed by atoms with Gasteiger partial charge in [-0.25, -0.2) is 4.39 Å². The lowest BCUT2D eigenvalue weighted by Crippen LogP contribution is -2.17. The standard InChI is InChI=1S/C13H13ClFNO/c1-9(12-6-3-7-17-12)16-8-10-4-2-5-11(15)13(10)14/h2-7,9,16H,8H2,1H3. The first-order valence-corrected chi connectivity index (χ1v) is 5.76. The van der Waals surface area contributed by atoms with Crippen LogP contribution in [0.15, 0.2) is 41.0 Å². The first-order valence-electron chi connectivity index (χ1n) is 5.38. The molecule has 1 heterocycles. The summed E-state index contributed by atoms with van der Waals surface area (Å²) >= 11 is 5.86. The minimum atomic E-state index is -0.392. The molecule has 0 saturated heterocycles. The molecule has 1 atom stereocenters. The number of hydrogen-bond acceptors (Lipinski definition) is 2. The van der Waals surface area contributed by atoms with Crippen LogP contribution in [0.4, 0.5) is 4.39 Å². The van der Waals surface area contributed by atoms with Crippen LogP contribution < -0.4 is 5.32 Å². The summed E-state index contributed by atoms with van der Waals surface area (Å²) in [6, 6.07) is 8.59. The molecule has 4 heteroatoms. The van der Waals surface area contributed by atoms with Gasteiger partial charge in [0, 0.05) is 6.54 Å². The molecule has 0 fully saturated rings. The van der Waals surface area contributed by atoms with E-state index in [4.69, 9.17) is 16.0 Å². The Morgan fingerprint density at radius 2 is 2.18 bits per heavy atom. The van der Waals surface area contributed by atoms with Gasteiger partial charge in [0.25, 0.3) is 0 Å². The van der Waals surface area contributed by atoms with Crippen molar-refractivity contribution >= 4 is 11.6 Å². The molecule has 0 saturated carbocycles. The van der Waals surface area contributed by atoms with E-state index in [2.05, 4.69) is 5.32 Å². The van der Waals surface area contributed by atoms with E-state index in [1.54, 1.807) is 18.4 Å². The van der Waals surface area contributed by atoms with Crippen LogP contribution in [0.25, 0.3) is 0 Å². The molecule has 2 nitrogen and oxygen atoms in total. The summed E-state index contributed by atoms with van der Waals surface area (Å²) in [5.41, 5.74) is 0.741. The lowest BCUT2D eigenvalue weighted by Gasteiger charge is -2.12.